The largest absolute Gasteiger partial charge is 0.326 e. The van der Waals surface area contributed by atoms with Crippen molar-refractivity contribution in [1.29, 1.82) is 0 Å². The van der Waals surface area contributed by atoms with Crippen molar-refractivity contribution in [3.05, 3.63) is 42.0 Å². The molecule has 116 valence electrons. The van der Waals surface area contributed by atoms with Crippen LogP contribution in [0, 0.1) is 13.8 Å². The number of nitrogens with zero attached hydrogens (tertiary/aromatic N) is 2. The minimum absolute atomic E-state index is 0.0372. The van der Waals surface area contributed by atoms with Gasteiger partial charge in [-0.1, -0.05) is 0 Å². The van der Waals surface area contributed by atoms with Crippen LogP contribution in [0.15, 0.2) is 30.6 Å². The van der Waals surface area contributed by atoms with Crippen LogP contribution in [0.4, 0.5) is 5.69 Å². The standard InChI is InChI=1S/C17H22N4O/c1-12-13(2)21(11-19-12)15-6-4-14(5-7-15)20-16(22)10-17(18-3)8-9-17/h4-7,11,18H,8-10H2,1-3H3,(H,20,22). The van der Waals surface area contributed by atoms with Crippen LogP contribution in [0.1, 0.15) is 30.7 Å². The van der Waals surface area contributed by atoms with E-state index in [9.17, 15) is 4.79 Å². The molecule has 0 unspecified atom stereocenters. The van der Waals surface area contributed by atoms with E-state index in [0.717, 1.165) is 35.6 Å². The monoisotopic (exact) mass is 298 g/mol. The fourth-order valence-corrected chi connectivity index (χ4v) is 2.64. The third-order valence-electron chi connectivity index (χ3n) is 4.56. The Morgan fingerprint density at radius 2 is 1.95 bits per heavy atom. The minimum Gasteiger partial charge on any atom is -0.326 e. The van der Waals surface area contributed by atoms with E-state index in [2.05, 4.69) is 15.6 Å². The number of benzene rings is 1. The van der Waals surface area contributed by atoms with Crippen LogP contribution >= 0.6 is 0 Å². The molecule has 22 heavy (non-hydrogen) atoms. The van der Waals surface area contributed by atoms with Crippen LogP contribution in [0.25, 0.3) is 5.69 Å². The molecule has 1 aromatic carbocycles. The number of aryl methyl sites for hydroxylation is 1. The van der Waals surface area contributed by atoms with Gasteiger partial charge in [0.25, 0.3) is 0 Å². The van der Waals surface area contributed by atoms with Gasteiger partial charge in [-0.25, -0.2) is 4.98 Å². The minimum atomic E-state index is 0.0372. The van der Waals surface area contributed by atoms with Gasteiger partial charge in [0, 0.05) is 29.0 Å². The van der Waals surface area contributed by atoms with Crippen LogP contribution in [0.3, 0.4) is 0 Å². The molecular formula is C17H22N4O. The number of hydrogen-bond donors (Lipinski definition) is 2. The summed E-state index contributed by atoms with van der Waals surface area (Å²) >= 11 is 0. The SMILES string of the molecule is CNC1(CC(=O)Nc2ccc(-n3cnc(C)c3C)cc2)CC1. The highest BCUT2D eigenvalue weighted by atomic mass is 16.1. The Morgan fingerprint density at radius 3 is 2.45 bits per heavy atom. The number of carbonyl (C=O) groups is 1. The van der Waals surface area contributed by atoms with Crippen molar-refractivity contribution >= 4 is 11.6 Å². The molecule has 1 amide bonds. The van der Waals surface area contributed by atoms with E-state index in [0.29, 0.717) is 6.42 Å². The van der Waals surface area contributed by atoms with Crippen molar-refractivity contribution in [2.75, 3.05) is 12.4 Å². The molecule has 0 spiro atoms. The first-order valence-electron chi connectivity index (χ1n) is 7.63. The zero-order chi connectivity index (χ0) is 15.7. The van der Waals surface area contributed by atoms with E-state index in [1.165, 1.54) is 0 Å². The van der Waals surface area contributed by atoms with Crippen molar-refractivity contribution in [3.63, 3.8) is 0 Å². The lowest BCUT2D eigenvalue weighted by Gasteiger charge is -2.14. The average Bonchev–Trinajstić information content (AvgIpc) is 3.20. The molecule has 0 saturated heterocycles. The highest BCUT2D eigenvalue weighted by molar-refractivity contribution is 5.91. The average molecular weight is 298 g/mol. The molecule has 1 aliphatic carbocycles. The zero-order valence-electron chi connectivity index (χ0n) is 13.3. The Kier molecular flexibility index (Phi) is 3.74. The molecule has 5 heteroatoms. The first kappa shape index (κ1) is 14.8. The van der Waals surface area contributed by atoms with Crippen molar-refractivity contribution in [2.24, 2.45) is 0 Å². The van der Waals surface area contributed by atoms with Crippen LogP contribution in [-0.2, 0) is 4.79 Å². The van der Waals surface area contributed by atoms with Crippen molar-refractivity contribution in [1.82, 2.24) is 14.9 Å². The molecule has 1 aliphatic rings. The maximum atomic E-state index is 12.1. The summed E-state index contributed by atoms with van der Waals surface area (Å²) in [5.74, 6) is 0.0641. The van der Waals surface area contributed by atoms with E-state index in [4.69, 9.17) is 0 Å². The van der Waals surface area contributed by atoms with Gasteiger partial charge in [0.1, 0.15) is 0 Å². The molecule has 0 radical (unpaired) electrons. The van der Waals surface area contributed by atoms with Gasteiger partial charge in [-0.2, -0.15) is 0 Å². The molecule has 1 saturated carbocycles. The van der Waals surface area contributed by atoms with Crippen molar-refractivity contribution < 1.29 is 4.79 Å². The molecule has 3 rings (SSSR count). The number of imidazole rings is 1. The summed E-state index contributed by atoms with van der Waals surface area (Å²) < 4.78 is 2.04. The summed E-state index contributed by atoms with van der Waals surface area (Å²) in [6.45, 7) is 4.04. The molecule has 1 aromatic heterocycles. The quantitative estimate of drug-likeness (QED) is 0.892. The maximum Gasteiger partial charge on any atom is 0.226 e. The first-order chi connectivity index (χ1) is 10.5. The highest BCUT2D eigenvalue weighted by Gasteiger charge is 2.42. The van der Waals surface area contributed by atoms with E-state index in [1.807, 2.05) is 56.1 Å². The van der Waals surface area contributed by atoms with E-state index < -0.39 is 0 Å². The van der Waals surface area contributed by atoms with Crippen LogP contribution in [0.5, 0.6) is 0 Å². The fourth-order valence-electron chi connectivity index (χ4n) is 2.64. The molecule has 0 bridgehead atoms. The van der Waals surface area contributed by atoms with E-state index in [1.54, 1.807) is 0 Å². The predicted octanol–water partition coefficient (Wildman–Crippen LogP) is 2.57. The fraction of sp³-hybridized carbons (Fsp3) is 0.412. The third kappa shape index (κ3) is 2.90. The lowest BCUT2D eigenvalue weighted by Crippen LogP contribution is -2.32. The molecule has 0 aliphatic heterocycles. The van der Waals surface area contributed by atoms with Gasteiger partial charge in [-0.05, 0) is 58.0 Å². The Balaban J connectivity index is 1.67. The molecule has 2 aromatic rings. The Bertz CT molecular complexity index is 683. The topological polar surface area (TPSA) is 59.0 Å². The number of anilines is 1. The van der Waals surface area contributed by atoms with Crippen LogP contribution in [0.2, 0.25) is 0 Å². The lowest BCUT2D eigenvalue weighted by atomic mass is 10.1. The molecule has 0 atom stereocenters. The number of carbonyl (C=O) groups excluding carboxylic acids is 1. The lowest BCUT2D eigenvalue weighted by molar-refractivity contribution is -0.116. The van der Waals surface area contributed by atoms with Crippen LogP contribution < -0.4 is 10.6 Å². The van der Waals surface area contributed by atoms with E-state index in [-0.39, 0.29) is 11.4 Å². The van der Waals surface area contributed by atoms with Gasteiger partial charge in [0.05, 0.1) is 12.0 Å². The van der Waals surface area contributed by atoms with E-state index >= 15 is 0 Å². The van der Waals surface area contributed by atoms with Crippen molar-refractivity contribution in [3.8, 4) is 5.69 Å². The second-order valence-corrected chi connectivity index (χ2v) is 6.09. The summed E-state index contributed by atoms with van der Waals surface area (Å²) in [6, 6.07) is 7.85. The predicted molar refractivity (Wildman–Crippen MR) is 87.3 cm³/mol. The van der Waals surface area contributed by atoms with Gasteiger partial charge in [0.15, 0.2) is 0 Å². The molecule has 2 N–H and O–H groups in total. The summed E-state index contributed by atoms with van der Waals surface area (Å²) in [5, 5.41) is 6.20. The molecule has 5 nitrogen and oxygen atoms in total. The highest BCUT2D eigenvalue weighted by Crippen LogP contribution is 2.38. The zero-order valence-corrected chi connectivity index (χ0v) is 13.3. The third-order valence-corrected chi connectivity index (χ3v) is 4.56. The van der Waals surface area contributed by atoms with Gasteiger partial charge in [-0.3, -0.25) is 4.79 Å². The smallest absolute Gasteiger partial charge is 0.226 e. The molecule has 1 fully saturated rings. The summed E-state index contributed by atoms with van der Waals surface area (Å²) in [7, 11) is 1.92. The second-order valence-electron chi connectivity index (χ2n) is 6.09. The maximum absolute atomic E-state index is 12.1. The Hall–Kier alpha value is -2.14. The molecular weight excluding hydrogens is 276 g/mol. The van der Waals surface area contributed by atoms with Gasteiger partial charge >= 0.3 is 0 Å². The summed E-state index contributed by atoms with van der Waals surface area (Å²) in [4.78, 5) is 16.4. The summed E-state index contributed by atoms with van der Waals surface area (Å²) in [5.41, 5.74) is 4.07. The van der Waals surface area contributed by atoms with Crippen LogP contribution in [-0.4, -0.2) is 28.0 Å². The number of nitrogens with one attached hydrogen (secondary N) is 2. The second kappa shape index (κ2) is 5.57. The number of hydrogen-bond acceptors (Lipinski definition) is 3. The number of aromatic nitrogens is 2. The Morgan fingerprint density at radius 1 is 1.27 bits per heavy atom. The van der Waals surface area contributed by atoms with Gasteiger partial charge in [-0.15, -0.1) is 0 Å². The van der Waals surface area contributed by atoms with Gasteiger partial charge < -0.3 is 15.2 Å². The Labute approximate surface area is 130 Å². The van der Waals surface area contributed by atoms with Gasteiger partial charge in [0.2, 0.25) is 5.91 Å². The van der Waals surface area contributed by atoms with Crippen molar-refractivity contribution in [2.45, 2.75) is 38.6 Å². The summed E-state index contributed by atoms with van der Waals surface area (Å²) in [6.07, 6.45) is 4.51. The first-order valence-corrected chi connectivity index (χ1v) is 7.63. The number of amides is 1. The number of rotatable bonds is 5. The molecule has 1 heterocycles. The normalized spacial score (nSPS) is 15.6.